The molecule has 0 saturated carbocycles. The van der Waals surface area contributed by atoms with Crippen molar-refractivity contribution < 1.29 is 19.7 Å². The Labute approximate surface area is 81.4 Å². The van der Waals surface area contributed by atoms with Crippen molar-refractivity contribution in [1.29, 1.82) is 0 Å². The molecule has 0 radical (unpaired) electrons. The van der Waals surface area contributed by atoms with Crippen molar-refractivity contribution in [3.05, 3.63) is 35.6 Å². The fourth-order valence-corrected chi connectivity index (χ4v) is 1.30. The molecule has 0 fully saturated rings. The third kappa shape index (κ3) is 1.77. The van der Waals surface area contributed by atoms with Gasteiger partial charge < -0.3 is 15.3 Å². The molecule has 1 rings (SSSR count). The summed E-state index contributed by atoms with van der Waals surface area (Å²) in [4.78, 5) is 0. The van der Waals surface area contributed by atoms with Crippen LogP contribution in [-0.2, 0) is 5.41 Å². The number of aliphatic hydroxyl groups is 3. The van der Waals surface area contributed by atoms with Crippen LogP contribution in [0.25, 0.3) is 0 Å². The standard InChI is InChI=1S/C10H13FO3/c11-9-4-2-1-3-8(9)10(5-12,6-13)7-14/h1-4,12-14H,5-7H2. The molecule has 0 saturated heterocycles. The summed E-state index contributed by atoms with van der Waals surface area (Å²) in [6, 6.07) is 5.77. The van der Waals surface area contributed by atoms with Crippen LogP contribution in [0.15, 0.2) is 24.3 Å². The Hall–Kier alpha value is -0.970. The molecule has 0 atom stereocenters. The van der Waals surface area contributed by atoms with Crippen molar-refractivity contribution in [3.63, 3.8) is 0 Å². The third-order valence-electron chi connectivity index (χ3n) is 2.35. The summed E-state index contributed by atoms with van der Waals surface area (Å²) in [5, 5.41) is 27.2. The molecule has 0 aromatic heterocycles. The third-order valence-corrected chi connectivity index (χ3v) is 2.35. The van der Waals surface area contributed by atoms with Gasteiger partial charge >= 0.3 is 0 Å². The van der Waals surface area contributed by atoms with E-state index in [0.29, 0.717) is 0 Å². The van der Waals surface area contributed by atoms with E-state index >= 15 is 0 Å². The second kappa shape index (κ2) is 4.50. The van der Waals surface area contributed by atoms with Gasteiger partial charge in [-0.3, -0.25) is 0 Å². The van der Waals surface area contributed by atoms with Gasteiger partial charge in [0.05, 0.1) is 25.2 Å². The van der Waals surface area contributed by atoms with Crippen LogP contribution >= 0.6 is 0 Å². The number of halogens is 1. The average Bonchev–Trinajstić information content (AvgIpc) is 2.24. The van der Waals surface area contributed by atoms with Crippen LogP contribution in [-0.4, -0.2) is 35.1 Å². The molecule has 0 aliphatic heterocycles. The predicted molar refractivity (Wildman–Crippen MR) is 49.3 cm³/mol. The minimum absolute atomic E-state index is 0.132. The lowest BCUT2D eigenvalue weighted by Gasteiger charge is -2.28. The lowest BCUT2D eigenvalue weighted by molar-refractivity contribution is 0.0617. The second-order valence-corrected chi connectivity index (χ2v) is 3.23. The van der Waals surface area contributed by atoms with Crippen LogP contribution < -0.4 is 0 Å². The molecular formula is C10H13FO3. The predicted octanol–water partition coefficient (Wildman–Crippen LogP) is 0.0404. The zero-order chi connectivity index (χ0) is 10.6. The highest BCUT2D eigenvalue weighted by Crippen LogP contribution is 2.25. The normalized spacial score (nSPS) is 11.7. The highest BCUT2D eigenvalue weighted by Gasteiger charge is 2.32. The number of benzene rings is 1. The van der Waals surface area contributed by atoms with Crippen LogP contribution in [0, 0.1) is 5.82 Å². The summed E-state index contributed by atoms with van der Waals surface area (Å²) in [5.74, 6) is -0.537. The summed E-state index contributed by atoms with van der Waals surface area (Å²) in [5.41, 5.74) is -1.17. The number of hydrogen-bond donors (Lipinski definition) is 3. The van der Waals surface area contributed by atoms with E-state index in [4.69, 9.17) is 15.3 Å². The molecule has 1 aromatic carbocycles. The van der Waals surface area contributed by atoms with Gasteiger partial charge in [0.2, 0.25) is 0 Å². The summed E-state index contributed by atoms with van der Waals surface area (Å²) >= 11 is 0. The van der Waals surface area contributed by atoms with E-state index in [0.717, 1.165) is 0 Å². The Bertz CT molecular complexity index is 289. The summed E-state index contributed by atoms with van der Waals surface area (Å²) in [6.07, 6.45) is 0. The van der Waals surface area contributed by atoms with Gasteiger partial charge in [-0.15, -0.1) is 0 Å². The lowest BCUT2D eigenvalue weighted by Crippen LogP contribution is -2.39. The maximum Gasteiger partial charge on any atom is 0.127 e. The van der Waals surface area contributed by atoms with Crippen LogP contribution in [0.4, 0.5) is 4.39 Å². The van der Waals surface area contributed by atoms with Crippen molar-refractivity contribution in [3.8, 4) is 0 Å². The van der Waals surface area contributed by atoms with Crippen LogP contribution in [0.1, 0.15) is 5.56 Å². The van der Waals surface area contributed by atoms with Crippen molar-refractivity contribution in [2.45, 2.75) is 5.41 Å². The van der Waals surface area contributed by atoms with Gasteiger partial charge in [0.15, 0.2) is 0 Å². The van der Waals surface area contributed by atoms with E-state index < -0.39 is 31.1 Å². The summed E-state index contributed by atoms with van der Waals surface area (Å²) in [7, 11) is 0. The Morgan fingerprint density at radius 3 is 1.93 bits per heavy atom. The number of aliphatic hydroxyl groups excluding tert-OH is 3. The quantitative estimate of drug-likeness (QED) is 0.643. The van der Waals surface area contributed by atoms with Crippen LogP contribution in [0.2, 0.25) is 0 Å². The summed E-state index contributed by atoms with van der Waals surface area (Å²) < 4.78 is 13.3. The van der Waals surface area contributed by atoms with Crippen LogP contribution in [0.5, 0.6) is 0 Å². The van der Waals surface area contributed by atoms with Gasteiger partial charge in [0, 0.05) is 5.56 Å². The Morgan fingerprint density at radius 1 is 1.00 bits per heavy atom. The molecular weight excluding hydrogens is 187 g/mol. The fraction of sp³-hybridized carbons (Fsp3) is 0.400. The van der Waals surface area contributed by atoms with E-state index in [1.165, 1.54) is 18.2 Å². The summed E-state index contributed by atoms with van der Waals surface area (Å²) in [6.45, 7) is -1.50. The van der Waals surface area contributed by atoms with E-state index in [2.05, 4.69) is 0 Å². The zero-order valence-corrected chi connectivity index (χ0v) is 7.65. The topological polar surface area (TPSA) is 60.7 Å². The average molecular weight is 200 g/mol. The molecule has 14 heavy (non-hydrogen) atoms. The van der Waals surface area contributed by atoms with Crippen molar-refractivity contribution in [1.82, 2.24) is 0 Å². The lowest BCUT2D eigenvalue weighted by atomic mass is 9.82. The molecule has 78 valence electrons. The smallest absolute Gasteiger partial charge is 0.127 e. The van der Waals surface area contributed by atoms with Gasteiger partial charge in [-0.05, 0) is 6.07 Å². The Balaban J connectivity index is 3.17. The molecule has 0 spiro atoms. The minimum atomic E-state index is -1.30. The highest BCUT2D eigenvalue weighted by molar-refractivity contribution is 5.27. The molecule has 3 nitrogen and oxygen atoms in total. The first kappa shape index (κ1) is 11.1. The first-order chi connectivity index (χ1) is 6.70. The maximum absolute atomic E-state index is 13.3. The van der Waals surface area contributed by atoms with Gasteiger partial charge in [-0.1, -0.05) is 18.2 Å². The maximum atomic E-state index is 13.3. The molecule has 0 heterocycles. The van der Waals surface area contributed by atoms with Crippen LogP contribution in [0.3, 0.4) is 0 Å². The molecule has 0 unspecified atom stereocenters. The monoisotopic (exact) mass is 200 g/mol. The van der Waals surface area contributed by atoms with Crippen molar-refractivity contribution in [2.24, 2.45) is 0 Å². The molecule has 0 amide bonds. The molecule has 4 heteroatoms. The van der Waals surface area contributed by atoms with Gasteiger partial charge in [-0.2, -0.15) is 0 Å². The van der Waals surface area contributed by atoms with Gasteiger partial charge in [0.1, 0.15) is 5.82 Å². The molecule has 0 bridgehead atoms. The SMILES string of the molecule is OCC(CO)(CO)c1ccccc1F. The molecule has 0 aliphatic rings. The highest BCUT2D eigenvalue weighted by atomic mass is 19.1. The first-order valence-electron chi connectivity index (χ1n) is 4.28. The van der Waals surface area contributed by atoms with E-state index in [1.54, 1.807) is 6.07 Å². The van der Waals surface area contributed by atoms with E-state index in [1.807, 2.05) is 0 Å². The Kier molecular flexibility index (Phi) is 3.57. The second-order valence-electron chi connectivity index (χ2n) is 3.23. The van der Waals surface area contributed by atoms with E-state index in [9.17, 15) is 4.39 Å². The first-order valence-corrected chi connectivity index (χ1v) is 4.28. The molecule has 0 aliphatic carbocycles. The Morgan fingerprint density at radius 2 is 1.50 bits per heavy atom. The van der Waals surface area contributed by atoms with Gasteiger partial charge in [-0.25, -0.2) is 4.39 Å². The number of hydrogen-bond acceptors (Lipinski definition) is 3. The number of rotatable bonds is 4. The minimum Gasteiger partial charge on any atom is -0.395 e. The van der Waals surface area contributed by atoms with Crippen molar-refractivity contribution >= 4 is 0 Å². The largest absolute Gasteiger partial charge is 0.395 e. The van der Waals surface area contributed by atoms with Crippen molar-refractivity contribution in [2.75, 3.05) is 19.8 Å². The molecule has 3 N–H and O–H groups in total. The van der Waals surface area contributed by atoms with E-state index in [-0.39, 0.29) is 5.56 Å². The zero-order valence-electron chi connectivity index (χ0n) is 7.65. The molecule has 1 aromatic rings. The fourth-order valence-electron chi connectivity index (χ4n) is 1.30. The van der Waals surface area contributed by atoms with Gasteiger partial charge in [0.25, 0.3) is 0 Å².